The van der Waals surface area contributed by atoms with Gasteiger partial charge >= 0.3 is 0 Å². The van der Waals surface area contributed by atoms with E-state index in [-0.39, 0.29) is 11.6 Å². The Kier molecular flexibility index (Phi) is 6.67. The maximum atomic E-state index is 12.6. The van der Waals surface area contributed by atoms with Gasteiger partial charge in [0.1, 0.15) is 11.6 Å². The lowest BCUT2D eigenvalue weighted by Gasteiger charge is -2.04. The van der Waals surface area contributed by atoms with E-state index in [4.69, 9.17) is 9.94 Å². The van der Waals surface area contributed by atoms with Crippen LogP contribution in [0, 0.1) is 11.6 Å². The summed E-state index contributed by atoms with van der Waals surface area (Å²) in [4.78, 5) is 0. The first-order valence-corrected chi connectivity index (χ1v) is 5.56. The summed E-state index contributed by atoms with van der Waals surface area (Å²) in [7, 11) is 0. The van der Waals surface area contributed by atoms with Crippen LogP contribution in [-0.2, 0) is 18.0 Å². The Morgan fingerprint density at radius 3 is 1.37 bits per heavy atom. The lowest BCUT2D eigenvalue weighted by atomic mass is 10.2. The normalized spacial score (nSPS) is 9.68. The Morgan fingerprint density at radius 2 is 1.05 bits per heavy atom. The van der Waals surface area contributed by atoms with Crippen LogP contribution in [-0.4, -0.2) is 5.21 Å². The third-order valence-corrected chi connectivity index (χ3v) is 2.36. The first-order chi connectivity index (χ1) is 9.24. The Labute approximate surface area is 110 Å². The Bertz CT molecular complexity index is 426. The van der Waals surface area contributed by atoms with Gasteiger partial charge in [0.2, 0.25) is 0 Å². The van der Waals surface area contributed by atoms with Crippen LogP contribution in [0.25, 0.3) is 0 Å². The summed E-state index contributed by atoms with van der Waals surface area (Å²) in [6, 6.07) is 12.3. The second kappa shape index (κ2) is 8.31. The smallest absolute Gasteiger partial charge is 0.123 e. The van der Waals surface area contributed by atoms with Crippen molar-refractivity contribution in [1.82, 2.24) is 0 Å². The van der Waals surface area contributed by atoms with Crippen molar-refractivity contribution in [2.45, 2.75) is 13.2 Å². The largest absolute Gasteiger partial charge is 0.372 e. The zero-order valence-corrected chi connectivity index (χ0v) is 10.2. The zero-order chi connectivity index (χ0) is 14.1. The second-order valence-electron chi connectivity index (χ2n) is 3.75. The predicted octanol–water partition coefficient (Wildman–Crippen LogP) is 3.02. The summed E-state index contributed by atoms with van der Waals surface area (Å²) in [6.07, 6.45) is 0. The fourth-order valence-corrected chi connectivity index (χ4v) is 1.45. The zero-order valence-electron chi connectivity index (χ0n) is 10.2. The number of ether oxygens (including phenoxy) is 1. The standard InChI is InChI=1S/C14H12F2O.H3NO/c15-13-5-1-11(2-6-13)9-17-10-12-3-7-14(16)8-4-12;1-2/h1-8H,9-10H2;2H,1H2. The highest BCUT2D eigenvalue weighted by Crippen LogP contribution is 2.08. The summed E-state index contributed by atoms with van der Waals surface area (Å²) in [5.41, 5.74) is 1.82. The highest BCUT2D eigenvalue weighted by molar-refractivity contribution is 5.16. The molecule has 0 spiro atoms. The van der Waals surface area contributed by atoms with Gasteiger partial charge in [-0.05, 0) is 35.4 Å². The molecule has 0 atom stereocenters. The van der Waals surface area contributed by atoms with Crippen LogP contribution >= 0.6 is 0 Å². The number of benzene rings is 2. The molecule has 0 bridgehead atoms. The van der Waals surface area contributed by atoms with Crippen LogP contribution in [0.4, 0.5) is 8.78 Å². The molecule has 0 aliphatic carbocycles. The maximum absolute atomic E-state index is 12.6. The van der Waals surface area contributed by atoms with Gasteiger partial charge in [-0.3, -0.25) is 0 Å². The molecule has 0 saturated carbocycles. The van der Waals surface area contributed by atoms with Gasteiger partial charge in [-0.25, -0.2) is 14.7 Å². The number of hydrogen-bond donors (Lipinski definition) is 2. The van der Waals surface area contributed by atoms with Gasteiger partial charge in [0.05, 0.1) is 13.2 Å². The van der Waals surface area contributed by atoms with Crippen molar-refractivity contribution in [3.05, 3.63) is 71.3 Å². The van der Waals surface area contributed by atoms with Gasteiger partial charge < -0.3 is 9.94 Å². The average molecular weight is 267 g/mol. The van der Waals surface area contributed by atoms with Crippen LogP contribution in [0.15, 0.2) is 48.5 Å². The predicted molar refractivity (Wildman–Crippen MR) is 67.3 cm³/mol. The second-order valence-corrected chi connectivity index (χ2v) is 3.75. The van der Waals surface area contributed by atoms with E-state index in [1.165, 1.54) is 24.3 Å². The number of halogens is 2. The molecule has 0 aliphatic heterocycles. The van der Waals surface area contributed by atoms with E-state index in [0.29, 0.717) is 13.2 Å². The quantitative estimate of drug-likeness (QED) is 0.837. The minimum Gasteiger partial charge on any atom is -0.372 e. The van der Waals surface area contributed by atoms with Crippen LogP contribution < -0.4 is 5.90 Å². The lowest BCUT2D eigenvalue weighted by Crippen LogP contribution is -1.94. The van der Waals surface area contributed by atoms with Crippen LogP contribution in [0.3, 0.4) is 0 Å². The number of rotatable bonds is 4. The molecule has 0 aliphatic rings. The molecule has 3 nitrogen and oxygen atoms in total. The molecule has 2 rings (SSSR count). The highest BCUT2D eigenvalue weighted by atomic mass is 19.1. The van der Waals surface area contributed by atoms with Crippen molar-refractivity contribution >= 4 is 0 Å². The van der Waals surface area contributed by atoms with Crippen molar-refractivity contribution in [3.8, 4) is 0 Å². The van der Waals surface area contributed by atoms with E-state index in [1.807, 2.05) is 0 Å². The van der Waals surface area contributed by atoms with Gasteiger partial charge in [0.25, 0.3) is 0 Å². The Hall–Kier alpha value is -1.82. The van der Waals surface area contributed by atoms with Gasteiger partial charge in [0.15, 0.2) is 0 Å². The van der Waals surface area contributed by atoms with Gasteiger partial charge in [-0.1, -0.05) is 24.3 Å². The molecule has 19 heavy (non-hydrogen) atoms. The van der Waals surface area contributed by atoms with E-state index in [0.717, 1.165) is 11.1 Å². The summed E-state index contributed by atoms with van der Waals surface area (Å²) >= 11 is 0. The molecule has 102 valence electrons. The molecule has 2 aromatic rings. The van der Waals surface area contributed by atoms with Crippen molar-refractivity contribution in [1.29, 1.82) is 0 Å². The molecule has 0 radical (unpaired) electrons. The van der Waals surface area contributed by atoms with E-state index in [9.17, 15) is 8.78 Å². The molecule has 0 aromatic heterocycles. The third-order valence-electron chi connectivity index (χ3n) is 2.36. The molecule has 0 fully saturated rings. The average Bonchev–Trinajstić information content (AvgIpc) is 2.45. The van der Waals surface area contributed by atoms with Crippen LogP contribution in [0.1, 0.15) is 11.1 Å². The van der Waals surface area contributed by atoms with Crippen molar-refractivity contribution < 1.29 is 18.7 Å². The van der Waals surface area contributed by atoms with Crippen LogP contribution in [0.5, 0.6) is 0 Å². The monoisotopic (exact) mass is 267 g/mol. The van der Waals surface area contributed by atoms with Gasteiger partial charge in [-0.15, -0.1) is 0 Å². The summed E-state index contributed by atoms with van der Waals surface area (Å²) in [6.45, 7) is 0.829. The van der Waals surface area contributed by atoms with E-state index in [1.54, 1.807) is 24.3 Å². The third kappa shape index (κ3) is 5.56. The molecule has 0 unspecified atom stereocenters. The van der Waals surface area contributed by atoms with E-state index < -0.39 is 0 Å². The SMILES string of the molecule is Fc1ccc(COCc2ccc(F)cc2)cc1.NO. The summed E-state index contributed by atoms with van der Waals surface area (Å²) in [5, 5.41) is 6.50. The first kappa shape index (κ1) is 15.2. The highest BCUT2D eigenvalue weighted by Gasteiger charge is 1.96. The fourth-order valence-electron chi connectivity index (χ4n) is 1.45. The minimum absolute atomic E-state index is 0.257. The van der Waals surface area contributed by atoms with Crippen molar-refractivity contribution in [2.75, 3.05) is 0 Å². The fraction of sp³-hybridized carbons (Fsp3) is 0.143. The molecular formula is C14H15F2NO2. The van der Waals surface area contributed by atoms with Crippen molar-refractivity contribution in [3.63, 3.8) is 0 Å². The first-order valence-electron chi connectivity index (χ1n) is 5.56. The van der Waals surface area contributed by atoms with Gasteiger partial charge in [-0.2, -0.15) is 0 Å². The number of nitrogens with two attached hydrogens (primary N) is 1. The maximum Gasteiger partial charge on any atom is 0.123 e. The van der Waals surface area contributed by atoms with E-state index >= 15 is 0 Å². The Morgan fingerprint density at radius 1 is 0.737 bits per heavy atom. The molecular weight excluding hydrogens is 252 g/mol. The topological polar surface area (TPSA) is 55.5 Å². The minimum atomic E-state index is -0.257. The van der Waals surface area contributed by atoms with Crippen LogP contribution in [0.2, 0.25) is 0 Å². The molecule has 5 heteroatoms. The molecule has 2 aromatic carbocycles. The molecule has 3 N–H and O–H groups in total. The van der Waals surface area contributed by atoms with E-state index in [2.05, 4.69) is 5.90 Å². The molecule has 0 heterocycles. The number of hydrogen-bond acceptors (Lipinski definition) is 3. The molecule has 0 amide bonds. The molecule has 0 saturated heterocycles. The Balaban J connectivity index is 0.000000861. The van der Waals surface area contributed by atoms with Crippen molar-refractivity contribution in [2.24, 2.45) is 5.90 Å². The summed E-state index contributed by atoms with van der Waals surface area (Å²) in [5.74, 6) is 2.99. The summed E-state index contributed by atoms with van der Waals surface area (Å²) < 4.78 is 30.7. The lowest BCUT2D eigenvalue weighted by molar-refractivity contribution is 0.107. The van der Waals surface area contributed by atoms with Gasteiger partial charge in [0, 0.05) is 0 Å².